The summed E-state index contributed by atoms with van der Waals surface area (Å²) < 4.78 is 37.9. The fourth-order valence-corrected chi connectivity index (χ4v) is 5.62. The molecule has 0 radical (unpaired) electrons. The molecule has 1 saturated heterocycles. The van der Waals surface area contributed by atoms with Crippen LogP contribution < -0.4 is 15.2 Å². The second-order valence-electron chi connectivity index (χ2n) is 9.15. The first-order chi connectivity index (χ1) is 15.5. The van der Waals surface area contributed by atoms with E-state index in [-0.39, 0.29) is 27.8 Å². The SMILES string of the molecule is COCCCOc1cc2c(cc1S(C)(=O)=O)-c1cc(=O)c(C(=O)O)cn1N1[C@@H]2CCC1(C)C. The minimum Gasteiger partial charge on any atom is -0.492 e. The zero-order chi connectivity index (χ0) is 24.1. The largest absolute Gasteiger partial charge is 0.492 e. The second kappa shape index (κ2) is 8.18. The van der Waals surface area contributed by atoms with E-state index in [1.807, 2.05) is 0 Å². The van der Waals surface area contributed by atoms with Gasteiger partial charge >= 0.3 is 5.97 Å². The normalized spacial score (nSPS) is 18.4. The molecule has 0 spiro atoms. The number of aromatic nitrogens is 1. The van der Waals surface area contributed by atoms with E-state index in [0.29, 0.717) is 30.9 Å². The van der Waals surface area contributed by atoms with Crippen molar-refractivity contribution in [1.29, 1.82) is 0 Å². The van der Waals surface area contributed by atoms with Gasteiger partial charge in [0.15, 0.2) is 15.3 Å². The third-order valence-corrected chi connectivity index (χ3v) is 7.46. The highest BCUT2D eigenvalue weighted by Gasteiger charge is 2.45. The van der Waals surface area contributed by atoms with E-state index in [0.717, 1.165) is 24.7 Å². The molecule has 2 aliphatic heterocycles. The number of ether oxygens (including phenoxy) is 2. The number of rotatable bonds is 7. The van der Waals surface area contributed by atoms with Crippen molar-refractivity contribution in [2.24, 2.45) is 0 Å². The molecule has 4 rings (SSSR count). The molecule has 10 heteroatoms. The molecule has 0 amide bonds. The van der Waals surface area contributed by atoms with Crippen LogP contribution in [0.25, 0.3) is 11.3 Å². The number of nitrogens with zero attached hydrogens (tertiary/aromatic N) is 2. The molecule has 3 heterocycles. The van der Waals surface area contributed by atoms with E-state index in [1.54, 1.807) is 23.9 Å². The van der Waals surface area contributed by atoms with Crippen LogP contribution in [-0.4, -0.2) is 56.3 Å². The number of sulfone groups is 1. The summed E-state index contributed by atoms with van der Waals surface area (Å²) in [6, 6.07) is 4.46. The van der Waals surface area contributed by atoms with Crippen molar-refractivity contribution in [2.75, 3.05) is 31.6 Å². The molecule has 0 unspecified atom stereocenters. The Morgan fingerprint density at radius 2 is 1.97 bits per heavy atom. The number of carbonyl (C=O) groups is 1. The first-order valence-corrected chi connectivity index (χ1v) is 12.6. The van der Waals surface area contributed by atoms with E-state index < -0.39 is 21.2 Å². The van der Waals surface area contributed by atoms with Gasteiger partial charge in [-0.15, -0.1) is 0 Å². The zero-order valence-corrected chi connectivity index (χ0v) is 19.9. The first-order valence-electron chi connectivity index (χ1n) is 10.8. The number of hydrogen-bond acceptors (Lipinski definition) is 7. The molecule has 0 aliphatic carbocycles. The highest BCUT2D eigenvalue weighted by molar-refractivity contribution is 7.90. The molecule has 9 nitrogen and oxygen atoms in total. The van der Waals surface area contributed by atoms with Gasteiger partial charge in [-0.05, 0) is 44.4 Å². The van der Waals surface area contributed by atoms with Crippen molar-refractivity contribution < 1.29 is 27.8 Å². The van der Waals surface area contributed by atoms with Crippen LogP contribution in [0, 0.1) is 0 Å². The first kappa shape index (κ1) is 23.3. The Kier molecular flexibility index (Phi) is 5.78. The van der Waals surface area contributed by atoms with Gasteiger partial charge in [0, 0.05) is 44.2 Å². The fraction of sp³-hybridized carbons (Fsp3) is 0.478. The van der Waals surface area contributed by atoms with Crippen molar-refractivity contribution >= 4 is 15.8 Å². The minimum atomic E-state index is -3.64. The summed E-state index contributed by atoms with van der Waals surface area (Å²) in [5.41, 5.74) is 0.643. The number of carboxylic acids is 1. The van der Waals surface area contributed by atoms with Crippen LogP contribution in [0.4, 0.5) is 0 Å². The van der Waals surface area contributed by atoms with E-state index in [4.69, 9.17) is 9.47 Å². The maximum Gasteiger partial charge on any atom is 0.341 e. The van der Waals surface area contributed by atoms with Crippen LogP contribution >= 0.6 is 0 Å². The maximum absolute atomic E-state index is 12.6. The lowest BCUT2D eigenvalue weighted by Gasteiger charge is -2.44. The summed E-state index contributed by atoms with van der Waals surface area (Å²) in [4.78, 5) is 24.3. The van der Waals surface area contributed by atoms with Gasteiger partial charge < -0.3 is 14.6 Å². The van der Waals surface area contributed by atoms with Gasteiger partial charge in [-0.25, -0.2) is 13.2 Å². The van der Waals surface area contributed by atoms with Crippen LogP contribution in [0.2, 0.25) is 0 Å². The Hall–Kier alpha value is -2.85. The Bertz CT molecular complexity index is 1280. The zero-order valence-electron chi connectivity index (χ0n) is 19.1. The molecule has 178 valence electrons. The molecule has 2 aliphatic rings. The molecule has 1 N–H and O–H groups in total. The summed E-state index contributed by atoms with van der Waals surface area (Å²) in [5, 5.41) is 11.6. The molecule has 1 aromatic carbocycles. The summed E-state index contributed by atoms with van der Waals surface area (Å²) in [7, 11) is -2.05. The molecule has 1 aromatic heterocycles. The molecule has 33 heavy (non-hydrogen) atoms. The van der Waals surface area contributed by atoms with E-state index in [9.17, 15) is 23.1 Å². The van der Waals surface area contributed by atoms with Crippen LogP contribution in [0.5, 0.6) is 5.75 Å². The summed E-state index contributed by atoms with van der Waals surface area (Å²) >= 11 is 0. The molecule has 1 fully saturated rings. The summed E-state index contributed by atoms with van der Waals surface area (Å²) in [5.74, 6) is -1.03. The van der Waals surface area contributed by atoms with Crippen LogP contribution in [0.1, 0.15) is 55.1 Å². The van der Waals surface area contributed by atoms with Crippen molar-refractivity contribution in [3.05, 3.63) is 45.7 Å². The van der Waals surface area contributed by atoms with Gasteiger partial charge in [0.05, 0.1) is 23.9 Å². The smallest absolute Gasteiger partial charge is 0.341 e. The second-order valence-corrected chi connectivity index (χ2v) is 11.1. The number of pyridine rings is 1. The molecular weight excluding hydrogens is 448 g/mol. The van der Waals surface area contributed by atoms with Gasteiger partial charge in [0.2, 0.25) is 0 Å². The number of benzene rings is 1. The maximum atomic E-state index is 12.6. The van der Waals surface area contributed by atoms with Gasteiger partial charge in [0.1, 0.15) is 16.2 Å². The van der Waals surface area contributed by atoms with Crippen molar-refractivity contribution in [2.45, 2.75) is 49.6 Å². The molecule has 1 atom stereocenters. The topological polar surface area (TPSA) is 115 Å². The number of methoxy groups -OCH3 is 1. The van der Waals surface area contributed by atoms with Gasteiger partial charge in [-0.2, -0.15) is 0 Å². The summed E-state index contributed by atoms with van der Waals surface area (Å²) in [6.45, 7) is 4.92. The van der Waals surface area contributed by atoms with E-state index in [2.05, 4.69) is 18.9 Å². The predicted octanol–water partition coefficient (Wildman–Crippen LogP) is 2.60. The van der Waals surface area contributed by atoms with Gasteiger partial charge in [-0.1, -0.05) is 0 Å². The lowest BCUT2D eigenvalue weighted by atomic mass is 9.94. The molecular formula is C23H28N2O7S. The number of hydrogen-bond donors (Lipinski definition) is 1. The van der Waals surface area contributed by atoms with Crippen molar-refractivity contribution in [1.82, 2.24) is 4.68 Å². The standard InChI is InChI=1S/C23H28N2O7S/c1-23(2)7-6-17-14-10-20(32-9-5-8-31-3)21(33(4,29)30)11-15(14)18-12-19(26)16(22(27)28)13-24(18)25(17)23/h10-13,17H,5-9H2,1-4H3,(H,27,28)/t17-/m1/s1. The van der Waals surface area contributed by atoms with Gasteiger partial charge in [0.25, 0.3) is 0 Å². The Morgan fingerprint density at radius 1 is 1.24 bits per heavy atom. The number of carboxylic acid groups (broad SMARTS) is 1. The molecule has 2 aromatic rings. The molecule has 0 saturated carbocycles. The number of fused-ring (bicyclic) bond motifs is 6. The monoisotopic (exact) mass is 476 g/mol. The van der Waals surface area contributed by atoms with Crippen molar-refractivity contribution in [3.8, 4) is 17.0 Å². The quantitative estimate of drug-likeness (QED) is 0.607. The van der Waals surface area contributed by atoms with Gasteiger partial charge in [-0.3, -0.25) is 14.5 Å². The predicted molar refractivity (Wildman–Crippen MR) is 122 cm³/mol. The molecule has 0 bridgehead atoms. The highest BCUT2D eigenvalue weighted by Crippen LogP contribution is 2.49. The summed E-state index contributed by atoms with van der Waals surface area (Å²) in [6.07, 6.45) is 4.69. The third kappa shape index (κ3) is 4.02. The number of aromatic carboxylic acids is 1. The van der Waals surface area contributed by atoms with Crippen LogP contribution in [0.15, 0.2) is 34.1 Å². The highest BCUT2D eigenvalue weighted by atomic mass is 32.2. The van der Waals surface area contributed by atoms with E-state index in [1.165, 1.54) is 12.3 Å². The fourth-order valence-electron chi connectivity index (χ4n) is 4.80. The lowest BCUT2D eigenvalue weighted by Crippen LogP contribution is -2.50. The average Bonchev–Trinajstić information content (AvgIpc) is 3.05. The lowest BCUT2D eigenvalue weighted by molar-refractivity contribution is 0.0694. The Labute approximate surface area is 192 Å². The van der Waals surface area contributed by atoms with Crippen LogP contribution in [0.3, 0.4) is 0 Å². The Balaban J connectivity index is 1.96. The Morgan fingerprint density at radius 3 is 2.61 bits per heavy atom. The van der Waals surface area contributed by atoms with E-state index >= 15 is 0 Å². The minimum absolute atomic E-state index is 0.0330. The van der Waals surface area contributed by atoms with Crippen molar-refractivity contribution in [3.63, 3.8) is 0 Å². The third-order valence-electron chi connectivity index (χ3n) is 6.34. The average molecular weight is 477 g/mol. The van der Waals surface area contributed by atoms with Crippen LogP contribution in [-0.2, 0) is 14.6 Å².